The van der Waals surface area contributed by atoms with E-state index in [1.165, 1.54) is 36.6 Å². The second-order valence-electron chi connectivity index (χ2n) is 4.22. The number of anilines is 1. The van der Waals surface area contributed by atoms with E-state index in [9.17, 15) is 14.9 Å². The molecule has 0 aliphatic rings. The zero-order chi connectivity index (χ0) is 16.8. The zero-order valence-corrected chi connectivity index (χ0v) is 13.1. The van der Waals surface area contributed by atoms with Crippen molar-refractivity contribution in [2.75, 3.05) is 5.32 Å². The van der Waals surface area contributed by atoms with Crippen LogP contribution in [0, 0.1) is 10.1 Å². The number of hydrogen-bond donors (Lipinski definition) is 2. The summed E-state index contributed by atoms with van der Waals surface area (Å²) in [6.45, 7) is 0. The molecule has 0 atom stereocenters. The molecule has 0 saturated heterocycles. The molecule has 0 saturated carbocycles. The van der Waals surface area contributed by atoms with Gasteiger partial charge in [0, 0.05) is 17.8 Å². The van der Waals surface area contributed by atoms with Crippen LogP contribution in [0.25, 0.3) is 6.08 Å². The van der Waals surface area contributed by atoms with Crippen LogP contribution in [-0.4, -0.2) is 15.9 Å². The number of nitrogens with zero attached hydrogens (tertiary/aromatic N) is 1. The predicted octanol–water partition coefficient (Wildman–Crippen LogP) is 3.37. The number of nitrogens with one attached hydrogen (secondary N) is 2. The molecular weight excluding hydrogens is 342 g/mol. The SMILES string of the molecule is O=C(C=Cc1ccco1)NC(=S)Nc1ccc(Cl)c([N+](=O)[O-])c1. The quantitative estimate of drug-likeness (QED) is 0.379. The summed E-state index contributed by atoms with van der Waals surface area (Å²) in [7, 11) is 0. The third-order valence-electron chi connectivity index (χ3n) is 2.58. The molecule has 0 radical (unpaired) electrons. The van der Waals surface area contributed by atoms with Crippen LogP contribution in [0.4, 0.5) is 11.4 Å². The monoisotopic (exact) mass is 351 g/mol. The van der Waals surface area contributed by atoms with Gasteiger partial charge in [0.25, 0.3) is 5.69 Å². The van der Waals surface area contributed by atoms with Crippen LogP contribution in [0.15, 0.2) is 47.1 Å². The molecule has 23 heavy (non-hydrogen) atoms. The average Bonchev–Trinajstić information content (AvgIpc) is 3.00. The zero-order valence-electron chi connectivity index (χ0n) is 11.5. The molecule has 2 aromatic rings. The van der Waals surface area contributed by atoms with Gasteiger partial charge in [-0.25, -0.2) is 0 Å². The first-order valence-corrected chi connectivity index (χ1v) is 7.02. The molecule has 0 fully saturated rings. The van der Waals surface area contributed by atoms with Crippen LogP contribution in [0.3, 0.4) is 0 Å². The highest BCUT2D eigenvalue weighted by Crippen LogP contribution is 2.27. The maximum Gasteiger partial charge on any atom is 0.289 e. The minimum absolute atomic E-state index is 0.00397. The van der Waals surface area contributed by atoms with E-state index in [4.69, 9.17) is 28.2 Å². The number of nitro groups is 1. The Kier molecular flexibility index (Phi) is 5.45. The number of furan rings is 1. The van der Waals surface area contributed by atoms with E-state index in [0.717, 1.165) is 0 Å². The molecule has 0 bridgehead atoms. The Morgan fingerprint density at radius 1 is 1.39 bits per heavy atom. The standard InChI is InChI=1S/C14H10ClN3O4S/c15-11-5-3-9(8-12(11)18(20)21)16-14(23)17-13(19)6-4-10-2-1-7-22-10/h1-8H,(H2,16,17,19,23). The Morgan fingerprint density at radius 2 is 2.17 bits per heavy atom. The minimum Gasteiger partial charge on any atom is -0.465 e. The van der Waals surface area contributed by atoms with Crippen molar-refractivity contribution in [3.8, 4) is 0 Å². The van der Waals surface area contributed by atoms with Gasteiger partial charge in [-0.1, -0.05) is 11.6 Å². The fourth-order valence-electron chi connectivity index (χ4n) is 1.59. The molecule has 0 aliphatic heterocycles. The first kappa shape index (κ1) is 16.7. The number of halogens is 1. The number of thiocarbonyl (C=S) groups is 1. The smallest absolute Gasteiger partial charge is 0.289 e. The summed E-state index contributed by atoms with van der Waals surface area (Å²) in [5, 5.41) is 15.9. The molecule has 0 aliphatic carbocycles. The highest BCUT2D eigenvalue weighted by atomic mass is 35.5. The Balaban J connectivity index is 1.95. The number of rotatable bonds is 4. The van der Waals surface area contributed by atoms with Gasteiger partial charge >= 0.3 is 0 Å². The third kappa shape index (κ3) is 4.90. The van der Waals surface area contributed by atoms with Crippen molar-refractivity contribution in [2.24, 2.45) is 0 Å². The van der Waals surface area contributed by atoms with Crippen LogP contribution < -0.4 is 10.6 Å². The summed E-state index contributed by atoms with van der Waals surface area (Å²) < 4.78 is 5.04. The van der Waals surface area contributed by atoms with Crippen molar-refractivity contribution in [1.82, 2.24) is 5.32 Å². The summed E-state index contributed by atoms with van der Waals surface area (Å²) in [6.07, 6.45) is 4.21. The highest BCUT2D eigenvalue weighted by molar-refractivity contribution is 7.80. The fraction of sp³-hybridized carbons (Fsp3) is 0. The number of amides is 1. The Morgan fingerprint density at radius 3 is 2.83 bits per heavy atom. The van der Waals surface area contributed by atoms with E-state index < -0.39 is 10.8 Å². The van der Waals surface area contributed by atoms with E-state index in [-0.39, 0.29) is 15.8 Å². The van der Waals surface area contributed by atoms with Crippen LogP contribution in [0.2, 0.25) is 5.02 Å². The molecule has 9 heteroatoms. The average molecular weight is 352 g/mol. The molecular formula is C14H10ClN3O4S. The fourth-order valence-corrected chi connectivity index (χ4v) is 2.00. The molecule has 1 aromatic carbocycles. The van der Waals surface area contributed by atoms with E-state index in [2.05, 4.69) is 10.6 Å². The maximum atomic E-state index is 11.7. The van der Waals surface area contributed by atoms with Gasteiger partial charge in [0.2, 0.25) is 5.91 Å². The van der Waals surface area contributed by atoms with Gasteiger partial charge in [0.1, 0.15) is 10.8 Å². The van der Waals surface area contributed by atoms with Gasteiger partial charge in [0.05, 0.1) is 11.2 Å². The second kappa shape index (κ2) is 7.52. The molecule has 1 amide bonds. The molecule has 1 aromatic heterocycles. The summed E-state index contributed by atoms with van der Waals surface area (Å²) in [5.74, 6) is 0.0507. The molecule has 7 nitrogen and oxygen atoms in total. The second-order valence-corrected chi connectivity index (χ2v) is 5.03. The van der Waals surface area contributed by atoms with Gasteiger partial charge in [-0.05, 0) is 42.6 Å². The first-order chi connectivity index (χ1) is 11.0. The van der Waals surface area contributed by atoms with Crippen LogP contribution >= 0.6 is 23.8 Å². The number of carbonyl (C=O) groups excluding carboxylic acids is 1. The third-order valence-corrected chi connectivity index (χ3v) is 3.10. The van der Waals surface area contributed by atoms with Crippen molar-refractivity contribution in [3.63, 3.8) is 0 Å². The Hall–Kier alpha value is -2.71. The largest absolute Gasteiger partial charge is 0.465 e. The minimum atomic E-state index is -0.610. The Bertz CT molecular complexity index is 774. The van der Waals surface area contributed by atoms with Gasteiger partial charge in [-0.15, -0.1) is 0 Å². The predicted molar refractivity (Wildman–Crippen MR) is 90.2 cm³/mol. The molecule has 1 heterocycles. The maximum absolute atomic E-state index is 11.7. The molecule has 2 N–H and O–H groups in total. The highest BCUT2D eigenvalue weighted by Gasteiger charge is 2.13. The van der Waals surface area contributed by atoms with Crippen LogP contribution in [-0.2, 0) is 4.79 Å². The summed E-state index contributed by atoms with van der Waals surface area (Å²) in [6, 6.07) is 7.47. The summed E-state index contributed by atoms with van der Waals surface area (Å²) in [4.78, 5) is 21.9. The lowest BCUT2D eigenvalue weighted by molar-refractivity contribution is -0.384. The number of carbonyl (C=O) groups is 1. The summed E-state index contributed by atoms with van der Waals surface area (Å²) in [5.41, 5.74) is 0.0740. The van der Waals surface area contributed by atoms with E-state index in [1.807, 2.05) is 0 Å². The van der Waals surface area contributed by atoms with Crippen molar-refractivity contribution in [3.05, 3.63) is 63.6 Å². The molecule has 0 spiro atoms. The van der Waals surface area contributed by atoms with Gasteiger partial charge < -0.3 is 9.73 Å². The molecule has 0 unspecified atom stereocenters. The molecule has 118 valence electrons. The normalized spacial score (nSPS) is 10.5. The lowest BCUT2D eigenvalue weighted by atomic mass is 10.3. The topological polar surface area (TPSA) is 97.4 Å². The van der Waals surface area contributed by atoms with Crippen LogP contribution in [0.1, 0.15) is 5.76 Å². The van der Waals surface area contributed by atoms with Crippen LogP contribution in [0.5, 0.6) is 0 Å². The van der Waals surface area contributed by atoms with E-state index in [0.29, 0.717) is 11.4 Å². The van der Waals surface area contributed by atoms with E-state index in [1.54, 1.807) is 12.1 Å². The lowest BCUT2D eigenvalue weighted by Gasteiger charge is -2.08. The van der Waals surface area contributed by atoms with Crippen molar-refractivity contribution < 1.29 is 14.1 Å². The Labute approximate surface area is 141 Å². The number of nitro benzene ring substituents is 1. The molecule has 2 rings (SSSR count). The lowest BCUT2D eigenvalue weighted by Crippen LogP contribution is -2.32. The number of hydrogen-bond acceptors (Lipinski definition) is 5. The van der Waals surface area contributed by atoms with Gasteiger partial charge in [-0.3, -0.25) is 20.2 Å². The first-order valence-electron chi connectivity index (χ1n) is 6.23. The van der Waals surface area contributed by atoms with Crippen molar-refractivity contribution in [2.45, 2.75) is 0 Å². The summed E-state index contributed by atoms with van der Waals surface area (Å²) >= 11 is 10.7. The van der Waals surface area contributed by atoms with Crippen molar-refractivity contribution in [1.29, 1.82) is 0 Å². The van der Waals surface area contributed by atoms with Gasteiger partial charge in [0.15, 0.2) is 5.11 Å². The van der Waals surface area contributed by atoms with E-state index >= 15 is 0 Å². The number of benzene rings is 1. The van der Waals surface area contributed by atoms with Crippen molar-refractivity contribution >= 4 is 52.3 Å². The van der Waals surface area contributed by atoms with Gasteiger partial charge in [-0.2, -0.15) is 0 Å².